The molecule has 0 unspecified atom stereocenters. The molecule has 0 spiro atoms. The maximum Gasteiger partial charge on any atom is 0.147 e. The van der Waals surface area contributed by atoms with Gasteiger partial charge in [0.15, 0.2) is 0 Å². The highest BCUT2D eigenvalue weighted by Crippen LogP contribution is 2.27. The first kappa shape index (κ1) is 14.5. The van der Waals surface area contributed by atoms with E-state index in [1.54, 1.807) is 17.4 Å². The van der Waals surface area contributed by atoms with Gasteiger partial charge in [-0.3, -0.25) is 0 Å². The Morgan fingerprint density at radius 1 is 1.37 bits per heavy atom. The molecule has 1 aromatic heterocycles. The minimum absolute atomic E-state index is 0.0489. The molecule has 0 atom stereocenters. The largest absolute Gasteiger partial charge is 0.375 e. The molecule has 0 aliphatic heterocycles. The molecule has 0 bridgehead atoms. The zero-order valence-electron chi connectivity index (χ0n) is 11.1. The molecule has 0 amide bonds. The van der Waals surface area contributed by atoms with Crippen molar-refractivity contribution in [1.82, 2.24) is 4.98 Å². The van der Waals surface area contributed by atoms with Crippen molar-refractivity contribution < 1.29 is 4.39 Å². The highest BCUT2D eigenvalue weighted by Gasteiger charge is 2.17. The summed E-state index contributed by atoms with van der Waals surface area (Å²) in [6.45, 7) is 6.92. The Kier molecular flexibility index (Phi) is 4.26. The molecule has 0 fully saturated rings. The summed E-state index contributed by atoms with van der Waals surface area (Å²) in [7, 11) is 0. The van der Waals surface area contributed by atoms with E-state index in [1.165, 1.54) is 6.07 Å². The van der Waals surface area contributed by atoms with E-state index in [9.17, 15) is 4.39 Å². The molecular formula is C14H16BrFN2S. The fourth-order valence-electron chi connectivity index (χ4n) is 1.57. The van der Waals surface area contributed by atoms with Crippen molar-refractivity contribution in [2.24, 2.45) is 0 Å². The lowest BCUT2D eigenvalue weighted by molar-refractivity contribution is 0.571. The Bertz CT molecular complexity index is 555. The monoisotopic (exact) mass is 342 g/mol. The van der Waals surface area contributed by atoms with E-state index in [0.717, 1.165) is 15.2 Å². The number of para-hydroxylation sites is 1. The van der Waals surface area contributed by atoms with Crippen LogP contribution in [0.1, 0.15) is 31.5 Å². The first-order valence-corrected chi connectivity index (χ1v) is 7.68. The van der Waals surface area contributed by atoms with Gasteiger partial charge in [-0.15, -0.1) is 11.3 Å². The Labute approximate surface area is 125 Å². The summed E-state index contributed by atoms with van der Waals surface area (Å²) in [5.41, 5.74) is 1.60. The van der Waals surface area contributed by atoms with Crippen molar-refractivity contribution in [2.75, 3.05) is 5.32 Å². The molecule has 1 aromatic carbocycles. The van der Waals surface area contributed by atoms with Crippen LogP contribution < -0.4 is 5.32 Å². The van der Waals surface area contributed by atoms with Crippen LogP contribution in [0, 0.1) is 5.82 Å². The smallest absolute Gasteiger partial charge is 0.147 e. The number of nitrogens with one attached hydrogen (secondary N) is 1. The van der Waals surface area contributed by atoms with Crippen molar-refractivity contribution in [2.45, 2.75) is 32.7 Å². The molecule has 2 rings (SSSR count). The summed E-state index contributed by atoms with van der Waals surface area (Å²) in [4.78, 5) is 4.57. The van der Waals surface area contributed by atoms with Crippen molar-refractivity contribution >= 4 is 33.0 Å². The van der Waals surface area contributed by atoms with Crippen molar-refractivity contribution in [1.29, 1.82) is 0 Å². The molecule has 19 heavy (non-hydrogen) atoms. The number of hydrogen-bond donors (Lipinski definition) is 1. The fraction of sp³-hybridized carbons (Fsp3) is 0.357. The SMILES string of the molecule is CC(C)(C)c1csc(CNc2c(F)cccc2Br)n1. The second-order valence-corrected chi connectivity index (χ2v) is 7.12. The minimum atomic E-state index is -0.262. The number of benzene rings is 1. The van der Waals surface area contributed by atoms with Gasteiger partial charge < -0.3 is 5.32 Å². The summed E-state index contributed by atoms with van der Waals surface area (Å²) in [5.74, 6) is -0.262. The van der Waals surface area contributed by atoms with Gasteiger partial charge in [-0.25, -0.2) is 9.37 Å². The number of aromatic nitrogens is 1. The lowest BCUT2D eigenvalue weighted by Gasteiger charge is -2.14. The molecular weight excluding hydrogens is 327 g/mol. The molecule has 102 valence electrons. The first-order chi connectivity index (χ1) is 8.88. The predicted molar refractivity (Wildman–Crippen MR) is 82.2 cm³/mol. The average Bonchev–Trinajstić information content (AvgIpc) is 2.77. The predicted octanol–water partition coefficient (Wildman–Crippen LogP) is 4.95. The summed E-state index contributed by atoms with van der Waals surface area (Å²) in [6.07, 6.45) is 0. The minimum Gasteiger partial charge on any atom is -0.375 e. The topological polar surface area (TPSA) is 24.9 Å². The zero-order chi connectivity index (χ0) is 14.0. The van der Waals surface area contributed by atoms with E-state index in [-0.39, 0.29) is 11.2 Å². The van der Waals surface area contributed by atoms with E-state index in [2.05, 4.69) is 52.4 Å². The van der Waals surface area contributed by atoms with Gasteiger partial charge in [0.2, 0.25) is 0 Å². The van der Waals surface area contributed by atoms with Crippen LogP contribution >= 0.6 is 27.3 Å². The molecule has 2 aromatic rings. The van der Waals surface area contributed by atoms with Gasteiger partial charge in [0.05, 0.1) is 17.9 Å². The van der Waals surface area contributed by atoms with Crippen molar-refractivity contribution in [3.05, 3.63) is 44.6 Å². The molecule has 1 heterocycles. The van der Waals surface area contributed by atoms with E-state index >= 15 is 0 Å². The van der Waals surface area contributed by atoms with Gasteiger partial charge in [0.25, 0.3) is 0 Å². The summed E-state index contributed by atoms with van der Waals surface area (Å²) in [5, 5.41) is 6.11. The van der Waals surface area contributed by atoms with Crippen molar-refractivity contribution in [3.8, 4) is 0 Å². The van der Waals surface area contributed by atoms with Crippen LogP contribution in [-0.4, -0.2) is 4.98 Å². The lowest BCUT2D eigenvalue weighted by Crippen LogP contribution is -2.12. The van der Waals surface area contributed by atoms with E-state index in [4.69, 9.17) is 0 Å². The Hall–Kier alpha value is -0.940. The molecule has 0 aliphatic carbocycles. The Balaban J connectivity index is 2.09. The van der Waals surface area contributed by atoms with Crippen LogP contribution in [0.5, 0.6) is 0 Å². The third-order valence-corrected chi connectivity index (χ3v) is 4.21. The number of anilines is 1. The summed E-state index contributed by atoms with van der Waals surface area (Å²) in [6, 6.07) is 4.93. The number of thiazole rings is 1. The van der Waals surface area contributed by atoms with Crippen LogP contribution in [0.3, 0.4) is 0 Å². The van der Waals surface area contributed by atoms with Gasteiger partial charge in [-0.2, -0.15) is 0 Å². The van der Waals surface area contributed by atoms with Crippen LogP contribution in [0.2, 0.25) is 0 Å². The molecule has 1 N–H and O–H groups in total. The third kappa shape index (κ3) is 3.54. The molecule has 0 saturated heterocycles. The zero-order valence-corrected chi connectivity index (χ0v) is 13.5. The standard InChI is InChI=1S/C14H16BrFN2S/c1-14(2,3)11-8-19-12(18-11)7-17-13-9(15)5-4-6-10(13)16/h4-6,8,17H,7H2,1-3H3. The average molecular weight is 343 g/mol. The molecule has 0 aliphatic rings. The maximum atomic E-state index is 13.6. The van der Waals surface area contributed by atoms with E-state index < -0.39 is 0 Å². The van der Waals surface area contributed by atoms with Gasteiger partial charge in [0, 0.05) is 15.3 Å². The third-order valence-electron chi connectivity index (χ3n) is 2.70. The Morgan fingerprint density at radius 3 is 2.68 bits per heavy atom. The van der Waals surface area contributed by atoms with Crippen LogP contribution in [0.15, 0.2) is 28.1 Å². The van der Waals surface area contributed by atoms with Gasteiger partial charge >= 0.3 is 0 Å². The summed E-state index contributed by atoms with van der Waals surface area (Å²) >= 11 is 4.93. The highest BCUT2D eigenvalue weighted by atomic mass is 79.9. The van der Waals surface area contributed by atoms with Crippen molar-refractivity contribution in [3.63, 3.8) is 0 Å². The van der Waals surface area contributed by atoms with E-state index in [1.807, 2.05) is 6.07 Å². The first-order valence-electron chi connectivity index (χ1n) is 6.00. The van der Waals surface area contributed by atoms with Gasteiger partial charge in [-0.1, -0.05) is 26.8 Å². The molecule has 5 heteroatoms. The highest BCUT2D eigenvalue weighted by molar-refractivity contribution is 9.10. The number of halogens is 2. The molecule has 0 saturated carbocycles. The summed E-state index contributed by atoms with van der Waals surface area (Å²) < 4.78 is 14.4. The lowest BCUT2D eigenvalue weighted by atomic mass is 9.93. The molecule has 0 radical (unpaired) electrons. The number of nitrogens with zero attached hydrogens (tertiary/aromatic N) is 1. The number of rotatable bonds is 3. The van der Waals surface area contributed by atoms with Gasteiger partial charge in [-0.05, 0) is 28.1 Å². The second kappa shape index (κ2) is 5.59. The fourth-order valence-corrected chi connectivity index (χ4v) is 3.01. The normalized spacial score (nSPS) is 11.6. The van der Waals surface area contributed by atoms with Crippen LogP contribution in [-0.2, 0) is 12.0 Å². The Morgan fingerprint density at radius 2 is 2.11 bits per heavy atom. The van der Waals surface area contributed by atoms with Crippen LogP contribution in [0.4, 0.5) is 10.1 Å². The quantitative estimate of drug-likeness (QED) is 0.853. The van der Waals surface area contributed by atoms with Gasteiger partial charge in [0.1, 0.15) is 10.8 Å². The number of hydrogen-bond acceptors (Lipinski definition) is 3. The maximum absolute atomic E-state index is 13.6. The van der Waals surface area contributed by atoms with Crippen LogP contribution in [0.25, 0.3) is 0 Å². The molecule has 2 nitrogen and oxygen atoms in total. The second-order valence-electron chi connectivity index (χ2n) is 5.33. The van der Waals surface area contributed by atoms with E-state index in [0.29, 0.717) is 12.2 Å².